The van der Waals surface area contributed by atoms with Crippen molar-refractivity contribution < 1.29 is 13.2 Å². The highest BCUT2D eigenvalue weighted by Crippen LogP contribution is 2.11. The second-order valence-electron chi connectivity index (χ2n) is 7.37. The van der Waals surface area contributed by atoms with Gasteiger partial charge in [0.15, 0.2) is 5.96 Å². The van der Waals surface area contributed by atoms with Crippen LogP contribution >= 0.6 is 0 Å². The third-order valence-electron chi connectivity index (χ3n) is 4.57. The SMILES string of the molecule is CCNC(=NCc1cccc(CN2CCOCC2)c1)NC(C)CCS(C)(=O)=O. The Morgan fingerprint density at radius 2 is 2.00 bits per heavy atom. The van der Waals surface area contributed by atoms with Crippen molar-refractivity contribution in [3.8, 4) is 0 Å². The van der Waals surface area contributed by atoms with Gasteiger partial charge in [0, 0.05) is 38.5 Å². The minimum atomic E-state index is -2.95. The molecule has 1 atom stereocenters. The molecule has 1 heterocycles. The molecule has 0 aliphatic carbocycles. The van der Waals surface area contributed by atoms with Gasteiger partial charge in [0.25, 0.3) is 0 Å². The minimum absolute atomic E-state index is 0.0279. The lowest BCUT2D eigenvalue weighted by molar-refractivity contribution is 0.0342. The number of nitrogens with one attached hydrogen (secondary N) is 2. The third-order valence-corrected chi connectivity index (χ3v) is 5.55. The van der Waals surface area contributed by atoms with E-state index in [9.17, 15) is 8.42 Å². The molecule has 1 aromatic carbocycles. The van der Waals surface area contributed by atoms with Crippen LogP contribution in [0.15, 0.2) is 29.3 Å². The molecule has 1 saturated heterocycles. The van der Waals surface area contributed by atoms with E-state index in [2.05, 4.69) is 44.8 Å². The number of morpholine rings is 1. The van der Waals surface area contributed by atoms with E-state index in [1.54, 1.807) is 0 Å². The van der Waals surface area contributed by atoms with Crippen molar-refractivity contribution in [1.82, 2.24) is 15.5 Å². The second-order valence-corrected chi connectivity index (χ2v) is 9.63. The Labute approximate surface area is 169 Å². The molecular formula is C20H34N4O3S. The van der Waals surface area contributed by atoms with Crippen LogP contribution in [-0.2, 0) is 27.7 Å². The number of nitrogens with zero attached hydrogens (tertiary/aromatic N) is 2. The molecule has 8 heteroatoms. The van der Waals surface area contributed by atoms with Crippen LogP contribution in [0.2, 0.25) is 0 Å². The van der Waals surface area contributed by atoms with E-state index in [0.29, 0.717) is 18.9 Å². The lowest BCUT2D eigenvalue weighted by Crippen LogP contribution is -2.42. The first-order chi connectivity index (χ1) is 13.4. The molecule has 0 amide bonds. The Morgan fingerprint density at radius 3 is 2.68 bits per heavy atom. The summed E-state index contributed by atoms with van der Waals surface area (Å²) in [6.45, 7) is 9.81. The van der Waals surface area contributed by atoms with Crippen molar-refractivity contribution in [3.05, 3.63) is 35.4 Å². The Kier molecular flexibility index (Phi) is 9.21. The van der Waals surface area contributed by atoms with E-state index < -0.39 is 9.84 Å². The number of benzene rings is 1. The van der Waals surface area contributed by atoms with Gasteiger partial charge in [-0.15, -0.1) is 0 Å². The van der Waals surface area contributed by atoms with Gasteiger partial charge in [-0.25, -0.2) is 13.4 Å². The molecule has 0 saturated carbocycles. The van der Waals surface area contributed by atoms with Crippen LogP contribution in [0.1, 0.15) is 31.4 Å². The van der Waals surface area contributed by atoms with Crippen molar-refractivity contribution in [2.75, 3.05) is 44.9 Å². The van der Waals surface area contributed by atoms with Gasteiger partial charge in [0.1, 0.15) is 9.84 Å². The average Bonchev–Trinajstić information content (AvgIpc) is 2.65. The maximum absolute atomic E-state index is 11.3. The molecule has 0 spiro atoms. The van der Waals surface area contributed by atoms with Gasteiger partial charge >= 0.3 is 0 Å². The largest absolute Gasteiger partial charge is 0.379 e. The summed E-state index contributed by atoms with van der Waals surface area (Å²) in [7, 11) is -2.95. The van der Waals surface area contributed by atoms with Crippen LogP contribution in [0.25, 0.3) is 0 Å². The number of hydrogen-bond donors (Lipinski definition) is 2. The fraction of sp³-hybridized carbons (Fsp3) is 0.650. The maximum Gasteiger partial charge on any atom is 0.191 e. The van der Waals surface area contributed by atoms with Gasteiger partial charge in [-0.1, -0.05) is 24.3 Å². The van der Waals surface area contributed by atoms with Crippen molar-refractivity contribution in [2.24, 2.45) is 4.99 Å². The number of aliphatic imine (C=N–C) groups is 1. The lowest BCUT2D eigenvalue weighted by Gasteiger charge is -2.26. The topological polar surface area (TPSA) is 83.0 Å². The summed E-state index contributed by atoms with van der Waals surface area (Å²) in [5.41, 5.74) is 2.45. The first-order valence-electron chi connectivity index (χ1n) is 9.96. The number of guanidine groups is 1. The highest BCUT2D eigenvalue weighted by molar-refractivity contribution is 7.90. The highest BCUT2D eigenvalue weighted by Gasteiger charge is 2.11. The molecule has 2 rings (SSSR count). The van der Waals surface area contributed by atoms with Gasteiger partial charge < -0.3 is 15.4 Å². The zero-order chi connectivity index (χ0) is 20.4. The maximum atomic E-state index is 11.3. The number of sulfone groups is 1. The van der Waals surface area contributed by atoms with Gasteiger partial charge in [-0.05, 0) is 31.4 Å². The van der Waals surface area contributed by atoms with Crippen LogP contribution in [0.4, 0.5) is 0 Å². The van der Waals surface area contributed by atoms with Crippen molar-refractivity contribution >= 4 is 15.8 Å². The minimum Gasteiger partial charge on any atom is -0.379 e. The molecule has 28 heavy (non-hydrogen) atoms. The smallest absolute Gasteiger partial charge is 0.191 e. The molecule has 7 nitrogen and oxygen atoms in total. The van der Waals surface area contributed by atoms with Crippen molar-refractivity contribution in [3.63, 3.8) is 0 Å². The monoisotopic (exact) mass is 410 g/mol. The fourth-order valence-corrected chi connectivity index (χ4v) is 3.81. The average molecular weight is 411 g/mol. The molecule has 1 aliphatic rings. The highest BCUT2D eigenvalue weighted by atomic mass is 32.2. The van der Waals surface area contributed by atoms with Crippen LogP contribution in [-0.4, -0.2) is 70.2 Å². The zero-order valence-corrected chi connectivity index (χ0v) is 18.1. The lowest BCUT2D eigenvalue weighted by atomic mass is 10.1. The Hall–Kier alpha value is -1.64. The van der Waals surface area contributed by atoms with Crippen molar-refractivity contribution in [1.29, 1.82) is 0 Å². The first-order valence-corrected chi connectivity index (χ1v) is 12.0. The predicted molar refractivity (Wildman–Crippen MR) is 114 cm³/mol. The predicted octanol–water partition coefficient (Wildman–Crippen LogP) is 1.40. The standard InChI is InChI=1S/C20H34N4O3S/c1-4-21-20(23-17(2)8-13-28(3,25)26)22-15-18-6-5-7-19(14-18)16-24-9-11-27-12-10-24/h5-7,14,17H,4,8-13,15-16H2,1-3H3,(H2,21,22,23). The summed E-state index contributed by atoms with van der Waals surface area (Å²) in [6, 6.07) is 8.55. The second kappa shape index (κ2) is 11.4. The van der Waals surface area contributed by atoms with Crippen molar-refractivity contribution in [2.45, 2.75) is 39.4 Å². The van der Waals surface area contributed by atoms with Crippen LogP contribution in [0, 0.1) is 0 Å². The summed E-state index contributed by atoms with van der Waals surface area (Å²) in [5, 5.41) is 6.52. The number of rotatable bonds is 9. The van der Waals surface area contributed by atoms with Crippen LogP contribution < -0.4 is 10.6 Å². The Bertz CT molecular complexity index is 731. The summed E-state index contributed by atoms with van der Waals surface area (Å²) >= 11 is 0. The van der Waals surface area contributed by atoms with E-state index in [4.69, 9.17) is 4.74 Å². The fourth-order valence-electron chi connectivity index (χ4n) is 3.03. The number of hydrogen-bond acceptors (Lipinski definition) is 5. The van der Waals surface area contributed by atoms with Crippen LogP contribution in [0.3, 0.4) is 0 Å². The molecular weight excluding hydrogens is 376 g/mol. The van der Waals surface area contributed by atoms with Crippen LogP contribution in [0.5, 0.6) is 0 Å². The Balaban J connectivity index is 1.92. The van der Waals surface area contributed by atoms with Gasteiger partial charge in [0.2, 0.25) is 0 Å². The van der Waals surface area contributed by atoms with E-state index in [1.807, 2.05) is 13.8 Å². The third kappa shape index (κ3) is 9.03. The molecule has 158 valence electrons. The summed E-state index contributed by atoms with van der Waals surface area (Å²) in [5.74, 6) is 0.881. The Morgan fingerprint density at radius 1 is 1.29 bits per heavy atom. The van der Waals surface area contributed by atoms with Gasteiger partial charge in [-0.3, -0.25) is 4.90 Å². The summed E-state index contributed by atoms with van der Waals surface area (Å²) in [6.07, 6.45) is 1.82. The molecule has 1 fully saturated rings. The summed E-state index contributed by atoms with van der Waals surface area (Å²) in [4.78, 5) is 7.07. The summed E-state index contributed by atoms with van der Waals surface area (Å²) < 4.78 is 28.1. The van der Waals surface area contributed by atoms with E-state index in [1.165, 1.54) is 11.8 Å². The van der Waals surface area contributed by atoms with E-state index >= 15 is 0 Å². The quantitative estimate of drug-likeness (QED) is 0.473. The first kappa shape index (κ1) is 22.6. The molecule has 0 radical (unpaired) electrons. The molecule has 0 aromatic heterocycles. The molecule has 0 bridgehead atoms. The van der Waals surface area contributed by atoms with E-state index in [0.717, 1.165) is 45.0 Å². The number of ether oxygens (including phenoxy) is 1. The van der Waals surface area contributed by atoms with E-state index in [-0.39, 0.29) is 11.8 Å². The van der Waals surface area contributed by atoms with Gasteiger partial charge in [-0.2, -0.15) is 0 Å². The normalized spacial score (nSPS) is 17.3. The van der Waals surface area contributed by atoms with Gasteiger partial charge in [0.05, 0.1) is 25.5 Å². The molecule has 1 aromatic rings. The molecule has 1 unspecified atom stereocenters. The molecule has 2 N–H and O–H groups in total. The molecule has 1 aliphatic heterocycles. The zero-order valence-electron chi connectivity index (χ0n) is 17.3.